The van der Waals surface area contributed by atoms with Gasteiger partial charge in [-0.3, -0.25) is 4.79 Å². The lowest BCUT2D eigenvalue weighted by Crippen LogP contribution is -2.02. The predicted molar refractivity (Wildman–Crippen MR) is 76.1 cm³/mol. The van der Waals surface area contributed by atoms with E-state index in [4.69, 9.17) is 0 Å². The Morgan fingerprint density at radius 2 is 2.00 bits per heavy atom. The van der Waals surface area contributed by atoms with Gasteiger partial charge in [0.1, 0.15) is 0 Å². The molecule has 1 aromatic carbocycles. The molecule has 2 aromatic rings. The van der Waals surface area contributed by atoms with Gasteiger partial charge in [-0.15, -0.1) is 0 Å². The van der Waals surface area contributed by atoms with Gasteiger partial charge in [0.15, 0.2) is 6.29 Å². The van der Waals surface area contributed by atoms with Crippen LogP contribution in [0.25, 0.3) is 10.9 Å². The maximum atomic E-state index is 11.2. The smallest absolute Gasteiger partial charge is 0.152 e. The molecule has 1 heterocycles. The van der Waals surface area contributed by atoms with Gasteiger partial charge < -0.3 is 4.57 Å². The summed E-state index contributed by atoms with van der Waals surface area (Å²) >= 11 is 0. The molecule has 2 rings (SSSR count). The number of aryl methyl sites for hydroxylation is 1. The fraction of sp³-hybridized carbons (Fsp3) is 0.438. The molecule has 0 aliphatic carbocycles. The Hall–Kier alpha value is -1.57. The number of fused-ring (bicyclic) bond motifs is 1. The molecule has 2 nitrogen and oxygen atoms in total. The Kier molecular flexibility index (Phi) is 3.85. The molecular weight excluding hydrogens is 222 g/mol. The number of aromatic nitrogens is 1. The standard InChI is InChI=1S/C16H21NO/c1-12(2)7-6-10-17-13(3)15(11-18)14-8-4-5-9-16(14)17/h4-5,8-9,11-12H,6-7,10H2,1-3H3. The Morgan fingerprint density at radius 3 is 2.67 bits per heavy atom. The highest BCUT2D eigenvalue weighted by atomic mass is 16.1. The normalized spacial score (nSPS) is 11.3. The number of rotatable bonds is 5. The second-order valence-electron chi connectivity index (χ2n) is 5.32. The van der Waals surface area contributed by atoms with E-state index in [0.717, 1.165) is 41.8 Å². The maximum Gasteiger partial charge on any atom is 0.152 e. The van der Waals surface area contributed by atoms with E-state index in [9.17, 15) is 4.79 Å². The highest BCUT2D eigenvalue weighted by Gasteiger charge is 2.12. The molecular formula is C16H21NO. The van der Waals surface area contributed by atoms with Gasteiger partial charge in [0.05, 0.1) is 0 Å². The van der Waals surface area contributed by atoms with E-state index < -0.39 is 0 Å². The number of carbonyl (C=O) groups is 1. The van der Waals surface area contributed by atoms with Gasteiger partial charge in [0.25, 0.3) is 0 Å². The molecule has 0 bridgehead atoms. The first-order valence-corrected chi connectivity index (χ1v) is 6.68. The minimum atomic E-state index is 0.734. The number of hydrogen-bond acceptors (Lipinski definition) is 1. The van der Waals surface area contributed by atoms with Crippen LogP contribution >= 0.6 is 0 Å². The molecule has 0 aliphatic heterocycles. The zero-order valence-corrected chi connectivity index (χ0v) is 11.4. The minimum absolute atomic E-state index is 0.734. The van der Waals surface area contributed by atoms with E-state index in [0.29, 0.717) is 0 Å². The lowest BCUT2D eigenvalue weighted by atomic mass is 10.1. The van der Waals surface area contributed by atoms with Crippen LogP contribution in [0.2, 0.25) is 0 Å². The average Bonchev–Trinajstić information content (AvgIpc) is 2.62. The van der Waals surface area contributed by atoms with Crippen LogP contribution in [-0.2, 0) is 6.54 Å². The Labute approximate surface area is 109 Å². The van der Waals surface area contributed by atoms with Crippen LogP contribution in [0.5, 0.6) is 0 Å². The van der Waals surface area contributed by atoms with Gasteiger partial charge in [-0.25, -0.2) is 0 Å². The fourth-order valence-corrected chi connectivity index (χ4v) is 2.55. The van der Waals surface area contributed by atoms with Gasteiger partial charge in [0.2, 0.25) is 0 Å². The van der Waals surface area contributed by atoms with Crippen molar-refractivity contribution in [2.75, 3.05) is 0 Å². The SMILES string of the molecule is Cc1c(C=O)c2ccccc2n1CCCC(C)C. The van der Waals surface area contributed by atoms with Crippen molar-refractivity contribution in [3.63, 3.8) is 0 Å². The first-order chi connectivity index (χ1) is 8.65. The van der Waals surface area contributed by atoms with Gasteiger partial charge in [-0.2, -0.15) is 0 Å². The summed E-state index contributed by atoms with van der Waals surface area (Å²) in [6.07, 6.45) is 3.37. The zero-order valence-electron chi connectivity index (χ0n) is 11.4. The molecule has 2 heteroatoms. The number of hydrogen-bond donors (Lipinski definition) is 0. The van der Waals surface area contributed by atoms with Crippen LogP contribution in [0.1, 0.15) is 42.7 Å². The topological polar surface area (TPSA) is 22.0 Å². The molecule has 0 amide bonds. The fourth-order valence-electron chi connectivity index (χ4n) is 2.55. The lowest BCUT2D eigenvalue weighted by molar-refractivity contribution is 0.112. The molecule has 96 valence electrons. The van der Waals surface area contributed by atoms with Crippen molar-refractivity contribution < 1.29 is 4.79 Å². The van der Waals surface area contributed by atoms with Gasteiger partial charge in [-0.1, -0.05) is 32.0 Å². The number of nitrogens with zero attached hydrogens (tertiary/aromatic N) is 1. The highest BCUT2D eigenvalue weighted by molar-refractivity contribution is 5.99. The van der Waals surface area contributed by atoms with Gasteiger partial charge in [-0.05, 0) is 31.7 Å². The third-order valence-electron chi connectivity index (χ3n) is 3.56. The Balaban J connectivity index is 2.37. The van der Waals surface area contributed by atoms with Crippen molar-refractivity contribution in [2.24, 2.45) is 5.92 Å². The molecule has 0 unspecified atom stereocenters. The predicted octanol–water partition coefficient (Wildman–Crippen LogP) is 4.20. The summed E-state index contributed by atoms with van der Waals surface area (Å²) in [5, 5.41) is 1.08. The third-order valence-corrected chi connectivity index (χ3v) is 3.56. The summed E-state index contributed by atoms with van der Waals surface area (Å²) < 4.78 is 2.28. The van der Waals surface area contributed by atoms with Gasteiger partial charge >= 0.3 is 0 Å². The van der Waals surface area contributed by atoms with Crippen LogP contribution in [-0.4, -0.2) is 10.9 Å². The average molecular weight is 243 g/mol. The van der Waals surface area contributed by atoms with Gasteiger partial charge in [0, 0.05) is 28.7 Å². The third kappa shape index (κ3) is 2.33. The van der Waals surface area contributed by atoms with E-state index in [1.807, 2.05) is 25.1 Å². The highest BCUT2D eigenvalue weighted by Crippen LogP contribution is 2.25. The van der Waals surface area contributed by atoms with Crippen molar-refractivity contribution >= 4 is 17.2 Å². The quantitative estimate of drug-likeness (QED) is 0.721. The second kappa shape index (κ2) is 5.38. The van der Waals surface area contributed by atoms with E-state index in [-0.39, 0.29) is 0 Å². The summed E-state index contributed by atoms with van der Waals surface area (Å²) in [6, 6.07) is 8.16. The van der Waals surface area contributed by atoms with Crippen LogP contribution in [0.15, 0.2) is 24.3 Å². The van der Waals surface area contributed by atoms with Crippen LogP contribution in [0, 0.1) is 12.8 Å². The zero-order chi connectivity index (χ0) is 13.1. The molecule has 0 spiro atoms. The monoisotopic (exact) mass is 243 g/mol. The molecule has 0 saturated heterocycles. The van der Waals surface area contributed by atoms with E-state index in [2.05, 4.69) is 24.5 Å². The Morgan fingerprint density at radius 1 is 1.28 bits per heavy atom. The molecule has 0 saturated carbocycles. The second-order valence-corrected chi connectivity index (χ2v) is 5.32. The number of carbonyl (C=O) groups excluding carboxylic acids is 1. The molecule has 0 N–H and O–H groups in total. The van der Waals surface area contributed by atoms with E-state index in [1.54, 1.807) is 0 Å². The van der Waals surface area contributed by atoms with Crippen molar-refractivity contribution in [3.8, 4) is 0 Å². The van der Waals surface area contributed by atoms with Crippen LogP contribution in [0.4, 0.5) is 0 Å². The van der Waals surface area contributed by atoms with E-state index in [1.165, 1.54) is 11.9 Å². The largest absolute Gasteiger partial charge is 0.344 e. The number of para-hydroxylation sites is 1. The van der Waals surface area contributed by atoms with E-state index >= 15 is 0 Å². The summed E-state index contributed by atoms with van der Waals surface area (Å²) in [4.78, 5) is 11.2. The molecule has 0 fully saturated rings. The lowest BCUT2D eigenvalue weighted by Gasteiger charge is -2.09. The minimum Gasteiger partial charge on any atom is -0.344 e. The maximum absolute atomic E-state index is 11.2. The summed E-state index contributed by atoms with van der Waals surface area (Å²) in [7, 11) is 0. The van der Waals surface area contributed by atoms with Crippen molar-refractivity contribution in [2.45, 2.75) is 40.2 Å². The molecule has 0 radical (unpaired) electrons. The first-order valence-electron chi connectivity index (χ1n) is 6.68. The van der Waals surface area contributed by atoms with Crippen LogP contribution < -0.4 is 0 Å². The number of benzene rings is 1. The summed E-state index contributed by atoms with van der Waals surface area (Å²) in [6.45, 7) is 7.53. The Bertz CT molecular complexity index is 551. The van der Waals surface area contributed by atoms with Crippen molar-refractivity contribution in [1.82, 2.24) is 4.57 Å². The van der Waals surface area contributed by atoms with Crippen LogP contribution in [0.3, 0.4) is 0 Å². The number of aldehydes is 1. The molecule has 1 aromatic heterocycles. The summed E-state index contributed by atoms with van der Waals surface area (Å²) in [5.74, 6) is 0.734. The first kappa shape index (κ1) is 12.9. The molecule has 0 aliphatic rings. The molecule has 18 heavy (non-hydrogen) atoms. The summed E-state index contributed by atoms with van der Waals surface area (Å²) in [5.41, 5.74) is 3.12. The van der Waals surface area contributed by atoms with Crippen molar-refractivity contribution in [3.05, 3.63) is 35.5 Å². The van der Waals surface area contributed by atoms with Crippen molar-refractivity contribution in [1.29, 1.82) is 0 Å². The molecule has 0 atom stereocenters.